The summed E-state index contributed by atoms with van der Waals surface area (Å²) >= 11 is 0. The fourth-order valence-electron chi connectivity index (χ4n) is 0.718. The molecular weight excluding hydrogens is 152 g/mol. The molecule has 3 heteroatoms. The van der Waals surface area contributed by atoms with Crippen molar-refractivity contribution in [2.24, 2.45) is 4.99 Å². The second-order valence-electron chi connectivity index (χ2n) is 2.28. The van der Waals surface area contributed by atoms with E-state index in [1.807, 2.05) is 0 Å². The molecule has 0 aliphatic carbocycles. The molecule has 66 valence electrons. The Bertz CT molecular complexity index is 207. The van der Waals surface area contributed by atoms with Gasteiger partial charge in [0.25, 0.3) is 0 Å². The third-order valence-corrected chi connectivity index (χ3v) is 1.27. The summed E-state index contributed by atoms with van der Waals surface area (Å²) in [5.41, 5.74) is 0.832. The highest BCUT2D eigenvalue weighted by molar-refractivity contribution is 5.72. The van der Waals surface area contributed by atoms with E-state index in [9.17, 15) is 4.79 Å². The predicted octanol–water partition coefficient (Wildman–Crippen LogP) is 1.28. The first-order valence-electron chi connectivity index (χ1n) is 3.73. The molecule has 0 atom stereocenters. The Morgan fingerprint density at radius 1 is 1.67 bits per heavy atom. The van der Waals surface area contributed by atoms with E-state index >= 15 is 0 Å². The molecule has 0 spiro atoms. The molecule has 0 saturated heterocycles. The summed E-state index contributed by atoms with van der Waals surface area (Å²) in [5.74, 6) is -0.0305. The van der Waals surface area contributed by atoms with Gasteiger partial charge in [-0.3, -0.25) is 9.79 Å². The van der Waals surface area contributed by atoms with Gasteiger partial charge in [-0.25, -0.2) is 0 Å². The third-order valence-electron chi connectivity index (χ3n) is 1.27. The molecule has 3 nitrogen and oxygen atoms in total. The minimum Gasteiger partial charge on any atom is -0.356 e. The Balaban J connectivity index is 3.73. The maximum Gasteiger partial charge on any atom is 0.216 e. The highest BCUT2D eigenvalue weighted by atomic mass is 16.1. The predicted molar refractivity (Wildman–Crippen MR) is 51.1 cm³/mol. The van der Waals surface area contributed by atoms with E-state index in [0.29, 0.717) is 13.0 Å². The monoisotopic (exact) mass is 166 g/mol. The van der Waals surface area contributed by atoms with Crippen molar-refractivity contribution in [3.05, 3.63) is 24.4 Å². The van der Waals surface area contributed by atoms with E-state index in [1.54, 1.807) is 12.2 Å². The van der Waals surface area contributed by atoms with Gasteiger partial charge in [0.1, 0.15) is 0 Å². The smallest absolute Gasteiger partial charge is 0.216 e. The van der Waals surface area contributed by atoms with Crippen LogP contribution in [0.1, 0.15) is 13.3 Å². The number of allylic oxidation sites excluding steroid dienone is 2. The molecule has 1 amide bonds. The quantitative estimate of drug-likeness (QED) is 0.485. The van der Waals surface area contributed by atoms with E-state index in [4.69, 9.17) is 0 Å². The molecule has 0 unspecified atom stereocenters. The SMILES string of the molecule is C=C/C=C(/CCNC(C)=O)N=C. The van der Waals surface area contributed by atoms with Crippen LogP contribution in [0.5, 0.6) is 0 Å². The van der Waals surface area contributed by atoms with E-state index in [0.717, 1.165) is 5.70 Å². The molecular formula is C9H14N2O. The Labute approximate surface area is 72.9 Å². The molecule has 0 aliphatic heterocycles. The van der Waals surface area contributed by atoms with Gasteiger partial charge in [0.2, 0.25) is 5.91 Å². The van der Waals surface area contributed by atoms with Crippen molar-refractivity contribution in [1.29, 1.82) is 0 Å². The van der Waals surface area contributed by atoms with Gasteiger partial charge in [0, 0.05) is 25.6 Å². The highest BCUT2D eigenvalue weighted by Crippen LogP contribution is 2.00. The van der Waals surface area contributed by atoms with Crippen LogP contribution in [0.4, 0.5) is 0 Å². The van der Waals surface area contributed by atoms with Crippen LogP contribution in [-0.2, 0) is 4.79 Å². The van der Waals surface area contributed by atoms with Crippen LogP contribution < -0.4 is 5.32 Å². The number of hydrogen-bond acceptors (Lipinski definition) is 2. The molecule has 0 aromatic rings. The van der Waals surface area contributed by atoms with Crippen molar-refractivity contribution in [3.8, 4) is 0 Å². The van der Waals surface area contributed by atoms with Crippen LogP contribution in [-0.4, -0.2) is 19.2 Å². The highest BCUT2D eigenvalue weighted by Gasteiger charge is 1.93. The van der Waals surface area contributed by atoms with Crippen LogP contribution in [0.3, 0.4) is 0 Å². The van der Waals surface area contributed by atoms with Crippen LogP contribution >= 0.6 is 0 Å². The maximum absolute atomic E-state index is 10.5. The zero-order valence-corrected chi connectivity index (χ0v) is 7.34. The molecule has 0 aromatic carbocycles. The van der Waals surface area contributed by atoms with Crippen molar-refractivity contribution in [2.45, 2.75) is 13.3 Å². The molecule has 0 fully saturated rings. The molecule has 12 heavy (non-hydrogen) atoms. The van der Waals surface area contributed by atoms with Gasteiger partial charge in [-0.05, 0) is 12.8 Å². The first-order chi connectivity index (χ1) is 5.70. The zero-order valence-electron chi connectivity index (χ0n) is 7.34. The molecule has 1 N–H and O–H groups in total. The van der Waals surface area contributed by atoms with Gasteiger partial charge in [0.05, 0.1) is 0 Å². The van der Waals surface area contributed by atoms with Crippen molar-refractivity contribution in [2.75, 3.05) is 6.54 Å². The lowest BCUT2D eigenvalue weighted by Gasteiger charge is -2.00. The number of nitrogens with one attached hydrogen (secondary N) is 1. The van der Waals surface area contributed by atoms with Crippen molar-refractivity contribution in [3.63, 3.8) is 0 Å². The lowest BCUT2D eigenvalue weighted by molar-refractivity contribution is -0.118. The van der Waals surface area contributed by atoms with Gasteiger partial charge in [-0.1, -0.05) is 12.7 Å². The molecule has 0 heterocycles. The number of nitrogens with zero attached hydrogens (tertiary/aromatic N) is 1. The topological polar surface area (TPSA) is 41.5 Å². The fourth-order valence-corrected chi connectivity index (χ4v) is 0.718. The van der Waals surface area contributed by atoms with Gasteiger partial charge < -0.3 is 5.32 Å². The number of carbonyl (C=O) groups is 1. The molecule has 0 aromatic heterocycles. The molecule has 0 bridgehead atoms. The largest absolute Gasteiger partial charge is 0.356 e. The first kappa shape index (κ1) is 10.6. The first-order valence-corrected chi connectivity index (χ1v) is 3.73. The average Bonchev–Trinajstić information content (AvgIpc) is 2.02. The fraction of sp³-hybridized carbons (Fsp3) is 0.333. The second kappa shape index (κ2) is 6.34. The second-order valence-corrected chi connectivity index (χ2v) is 2.28. The van der Waals surface area contributed by atoms with Gasteiger partial charge in [0.15, 0.2) is 0 Å². The van der Waals surface area contributed by atoms with E-state index in [1.165, 1.54) is 6.92 Å². The Morgan fingerprint density at radius 3 is 2.75 bits per heavy atom. The number of amides is 1. The molecule has 0 saturated carbocycles. The standard InChI is InChI=1S/C9H14N2O/c1-4-5-9(10-3)6-7-11-8(2)12/h4-5H,1,3,6-7H2,2H3,(H,11,12)/b9-5-. The molecule has 0 rings (SSSR count). The van der Waals surface area contributed by atoms with Crippen LogP contribution in [0, 0.1) is 0 Å². The minimum atomic E-state index is -0.0305. The maximum atomic E-state index is 10.5. The normalized spacial score (nSPS) is 10.6. The van der Waals surface area contributed by atoms with Gasteiger partial charge in [-0.2, -0.15) is 0 Å². The molecule has 0 radical (unpaired) electrons. The summed E-state index contributed by atoms with van der Waals surface area (Å²) in [7, 11) is 0. The summed E-state index contributed by atoms with van der Waals surface area (Å²) in [6.45, 7) is 9.01. The Morgan fingerprint density at radius 2 is 2.33 bits per heavy atom. The third kappa shape index (κ3) is 5.41. The van der Waals surface area contributed by atoms with Gasteiger partial charge >= 0.3 is 0 Å². The van der Waals surface area contributed by atoms with E-state index in [-0.39, 0.29) is 5.91 Å². The summed E-state index contributed by atoms with van der Waals surface area (Å²) in [4.78, 5) is 14.2. The molecule has 0 aliphatic rings. The zero-order chi connectivity index (χ0) is 9.40. The lowest BCUT2D eigenvalue weighted by atomic mass is 10.3. The summed E-state index contributed by atoms with van der Waals surface area (Å²) in [6, 6.07) is 0. The van der Waals surface area contributed by atoms with Gasteiger partial charge in [-0.15, -0.1) is 0 Å². The number of aliphatic imine (C=N–C) groups is 1. The summed E-state index contributed by atoms with van der Waals surface area (Å²) < 4.78 is 0. The number of carbonyl (C=O) groups excluding carboxylic acids is 1. The lowest BCUT2D eigenvalue weighted by Crippen LogP contribution is -2.20. The van der Waals surface area contributed by atoms with Crippen LogP contribution in [0.2, 0.25) is 0 Å². The van der Waals surface area contributed by atoms with Crippen molar-refractivity contribution < 1.29 is 4.79 Å². The van der Waals surface area contributed by atoms with E-state index in [2.05, 4.69) is 23.6 Å². The number of rotatable bonds is 5. The van der Waals surface area contributed by atoms with Crippen molar-refractivity contribution >= 4 is 12.6 Å². The average molecular weight is 166 g/mol. The summed E-state index contributed by atoms with van der Waals surface area (Å²) in [6.07, 6.45) is 4.11. The van der Waals surface area contributed by atoms with Crippen molar-refractivity contribution in [1.82, 2.24) is 5.32 Å². The Hall–Kier alpha value is -1.38. The summed E-state index contributed by atoms with van der Waals surface area (Å²) in [5, 5.41) is 2.67. The Kier molecular flexibility index (Phi) is 5.61. The van der Waals surface area contributed by atoms with Crippen LogP contribution in [0.25, 0.3) is 0 Å². The minimum absolute atomic E-state index is 0.0305. The van der Waals surface area contributed by atoms with Crippen LogP contribution in [0.15, 0.2) is 29.4 Å². The number of hydrogen-bond donors (Lipinski definition) is 1. The van der Waals surface area contributed by atoms with E-state index < -0.39 is 0 Å².